The molecule has 0 saturated heterocycles. The number of rotatable bonds is 6. The molecular formula is C14H29NO2. The van der Waals surface area contributed by atoms with Gasteiger partial charge in [-0.25, -0.2) is 0 Å². The van der Waals surface area contributed by atoms with E-state index in [1.54, 1.807) is 0 Å². The van der Waals surface area contributed by atoms with E-state index in [1.165, 1.54) is 12.8 Å². The first-order valence-corrected chi connectivity index (χ1v) is 7.04. The Labute approximate surface area is 106 Å². The van der Waals surface area contributed by atoms with Crippen molar-refractivity contribution in [2.45, 2.75) is 70.5 Å². The van der Waals surface area contributed by atoms with E-state index in [4.69, 9.17) is 4.74 Å². The molecule has 0 unspecified atom stereocenters. The van der Waals surface area contributed by atoms with Gasteiger partial charge in [0, 0.05) is 19.7 Å². The molecule has 0 heterocycles. The van der Waals surface area contributed by atoms with E-state index in [9.17, 15) is 5.11 Å². The lowest BCUT2D eigenvalue weighted by Crippen LogP contribution is -2.46. The zero-order valence-electron chi connectivity index (χ0n) is 11.7. The summed E-state index contributed by atoms with van der Waals surface area (Å²) < 4.78 is 5.63. The molecule has 0 atom stereocenters. The first kappa shape index (κ1) is 14.9. The van der Waals surface area contributed by atoms with Gasteiger partial charge in [-0.3, -0.25) is 0 Å². The minimum atomic E-state index is -0.487. The van der Waals surface area contributed by atoms with Crippen LogP contribution < -0.4 is 5.32 Å². The SMILES string of the molecule is CCOC(C)(C)CNCC1(O)CCCCCC1. The third kappa shape index (κ3) is 5.84. The Morgan fingerprint density at radius 3 is 2.29 bits per heavy atom. The topological polar surface area (TPSA) is 41.5 Å². The van der Waals surface area contributed by atoms with Crippen LogP contribution in [0.4, 0.5) is 0 Å². The summed E-state index contributed by atoms with van der Waals surface area (Å²) >= 11 is 0. The van der Waals surface area contributed by atoms with Crippen LogP contribution in [0.1, 0.15) is 59.3 Å². The molecule has 17 heavy (non-hydrogen) atoms. The Balaban J connectivity index is 2.28. The van der Waals surface area contributed by atoms with Gasteiger partial charge in [0.1, 0.15) is 0 Å². The van der Waals surface area contributed by atoms with Gasteiger partial charge < -0.3 is 15.2 Å². The molecule has 0 amide bonds. The maximum atomic E-state index is 10.5. The number of hydrogen-bond acceptors (Lipinski definition) is 3. The Morgan fingerprint density at radius 2 is 1.76 bits per heavy atom. The van der Waals surface area contributed by atoms with Gasteiger partial charge >= 0.3 is 0 Å². The highest BCUT2D eigenvalue weighted by molar-refractivity contribution is 4.84. The molecule has 1 aliphatic rings. The van der Waals surface area contributed by atoms with Gasteiger partial charge in [-0.2, -0.15) is 0 Å². The van der Waals surface area contributed by atoms with E-state index < -0.39 is 5.60 Å². The zero-order valence-corrected chi connectivity index (χ0v) is 11.7. The lowest BCUT2D eigenvalue weighted by Gasteiger charge is -2.30. The second-order valence-electron chi connectivity index (χ2n) is 5.93. The predicted molar refractivity (Wildman–Crippen MR) is 71.2 cm³/mol. The van der Waals surface area contributed by atoms with Crippen LogP contribution in [-0.4, -0.2) is 36.0 Å². The van der Waals surface area contributed by atoms with Crippen molar-refractivity contribution in [1.82, 2.24) is 5.32 Å². The van der Waals surface area contributed by atoms with Gasteiger partial charge in [-0.1, -0.05) is 25.7 Å². The maximum absolute atomic E-state index is 10.5. The van der Waals surface area contributed by atoms with E-state index in [-0.39, 0.29) is 5.60 Å². The minimum absolute atomic E-state index is 0.143. The van der Waals surface area contributed by atoms with Crippen molar-refractivity contribution in [2.24, 2.45) is 0 Å². The van der Waals surface area contributed by atoms with Crippen molar-refractivity contribution in [3.8, 4) is 0 Å². The molecule has 1 aliphatic carbocycles. The van der Waals surface area contributed by atoms with Gasteiger partial charge in [0.2, 0.25) is 0 Å². The average Bonchev–Trinajstić information content (AvgIpc) is 2.43. The summed E-state index contributed by atoms with van der Waals surface area (Å²) in [5.41, 5.74) is -0.630. The summed E-state index contributed by atoms with van der Waals surface area (Å²) in [6.07, 6.45) is 6.74. The van der Waals surface area contributed by atoms with Crippen LogP contribution in [0.2, 0.25) is 0 Å². The van der Waals surface area contributed by atoms with Crippen LogP contribution >= 0.6 is 0 Å². The molecule has 102 valence electrons. The maximum Gasteiger partial charge on any atom is 0.0771 e. The number of ether oxygens (including phenoxy) is 1. The molecule has 3 nitrogen and oxygen atoms in total. The third-order valence-electron chi connectivity index (χ3n) is 3.57. The fourth-order valence-corrected chi connectivity index (χ4v) is 2.60. The van der Waals surface area contributed by atoms with E-state index in [1.807, 2.05) is 6.92 Å². The second-order valence-corrected chi connectivity index (χ2v) is 5.93. The molecule has 0 aromatic rings. The molecule has 1 saturated carbocycles. The molecule has 0 spiro atoms. The first-order chi connectivity index (χ1) is 7.97. The quantitative estimate of drug-likeness (QED) is 0.704. The molecule has 0 aromatic heterocycles. The Bertz CT molecular complexity index is 208. The minimum Gasteiger partial charge on any atom is -0.389 e. The molecule has 0 bridgehead atoms. The highest BCUT2D eigenvalue weighted by Gasteiger charge is 2.28. The van der Waals surface area contributed by atoms with Crippen LogP contribution in [0.25, 0.3) is 0 Å². The van der Waals surface area contributed by atoms with Crippen molar-refractivity contribution in [1.29, 1.82) is 0 Å². The van der Waals surface area contributed by atoms with Crippen molar-refractivity contribution >= 4 is 0 Å². The smallest absolute Gasteiger partial charge is 0.0771 e. The molecule has 3 heteroatoms. The van der Waals surface area contributed by atoms with Crippen molar-refractivity contribution in [3.63, 3.8) is 0 Å². The first-order valence-electron chi connectivity index (χ1n) is 7.04. The van der Waals surface area contributed by atoms with Crippen LogP contribution in [0, 0.1) is 0 Å². The Hall–Kier alpha value is -0.120. The average molecular weight is 243 g/mol. The summed E-state index contributed by atoms with van der Waals surface area (Å²) in [6.45, 7) is 8.41. The van der Waals surface area contributed by atoms with E-state index in [2.05, 4.69) is 19.2 Å². The van der Waals surface area contributed by atoms with Gasteiger partial charge in [0.05, 0.1) is 11.2 Å². The highest BCUT2D eigenvalue weighted by atomic mass is 16.5. The van der Waals surface area contributed by atoms with Crippen LogP contribution in [-0.2, 0) is 4.74 Å². The fourth-order valence-electron chi connectivity index (χ4n) is 2.60. The molecular weight excluding hydrogens is 214 g/mol. The summed E-state index contributed by atoms with van der Waals surface area (Å²) in [7, 11) is 0. The Morgan fingerprint density at radius 1 is 1.18 bits per heavy atom. The second kappa shape index (κ2) is 6.72. The predicted octanol–water partition coefficient (Wildman–Crippen LogP) is 2.48. The lowest BCUT2D eigenvalue weighted by molar-refractivity contribution is -0.0190. The summed E-state index contributed by atoms with van der Waals surface area (Å²) in [4.78, 5) is 0. The summed E-state index contributed by atoms with van der Waals surface area (Å²) in [5.74, 6) is 0. The largest absolute Gasteiger partial charge is 0.389 e. The monoisotopic (exact) mass is 243 g/mol. The normalized spacial score (nSPS) is 21.2. The van der Waals surface area contributed by atoms with Gasteiger partial charge in [-0.05, 0) is 33.6 Å². The van der Waals surface area contributed by atoms with Crippen molar-refractivity contribution < 1.29 is 9.84 Å². The molecule has 0 aliphatic heterocycles. The zero-order chi connectivity index (χ0) is 12.8. The van der Waals surface area contributed by atoms with E-state index in [0.29, 0.717) is 6.54 Å². The molecule has 1 fully saturated rings. The number of aliphatic hydroxyl groups is 1. The van der Waals surface area contributed by atoms with Gasteiger partial charge in [0.15, 0.2) is 0 Å². The van der Waals surface area contributed by atoms with E-state index >= 15 is 0 Å². The third-order valence-corrected chi connectivity index (χ3v) is 3.57. The van der Waals surface area contributed by atoms with Gasteiger partial charge in [-0.15, -0.1) is 0 Å². The Kier molecular flexibility index (Phi) is 5.90. The lowest BCUT2D eigenvalue weighted by atomic mass is 9.94. The van der Waals surface area contributed by atoms with Crippen molar-refractivity contribution in [2.75, 3.05) is 19.7 Å². The molecule has 0 radical (unpaired) electrons. The summed E-state index contributed by atoms with van der Waals surface area (Å²) in [6, 6.07) is 0. The number of nitrogens with one attached hydrogen (secondary N) is 1. The van der Waals surface area contributed by atoms with Crippen molar-refractivity contribution in [3.05, 3.63) is 0 Å². The summed E-state index contributed by atoms with van der Waals surface area (Å²) in [5, 5.41) is 13.8. The number of hydrogen-bond donors (Lipinski definition) is 2. The molecule has 1 rings (SSSR count). The van der Waals surface area contributed by atoms with E-state index in [0.717, 1.165) is 38.8 Å². The standard InChI is InChI=1S/C14H29NO2/c1-4-17-13(2,3)11-15-12-14(16)9-7-5-6-8-10-14/h15-16H,4-12H2,1-3H3. The van der Waals surface area contributed by atoms with Gasteiger partial charge in [0.25, 0.3) is 0 Å². The highest BCUT2D eigenvalue weighted by Crippen LogP contribution is 2.26. The molecule has 2 N–H and O–H groups in total. The van der Waals surface area contributed by atoms with Crippen LogP contribution in [0.3, 0.4) is 0 Å². The fraction of sp³-hybridized carbons (Fsp3) is 1.00. The van der Waals surface area contributed by atoms with Crippen LogP contribution in [0.15, 0.2) is 0 Å². The molecule has 0 aromatic carbocycles. The van der Waals surface area contributed by atoms with Crippen LogP contribution in [0.5, 0.6) is 0 Å².